The Labute approximate surface area is 123 Å². The van der Waals surface area contributed by atoms with Crippen LogP contribution in [0.5, 0.6) is 0 Å². The Hall–Kier alpha value is -1.08. The first-order chi connectivity index (χ1) is 9.73. The smallest absolute Gasteiger partial charge is 0.326 e. The lowest BCUT2D eigenvalue weighted by Gasteiger charge is -2.33. The van der Waals surface area contributed by atoms with Crippen LogP contribution in [-0.4, -0.2) is 46.1 Å². The molecule has 1 aromatic rings. The predicted molar refractivity (Wildman–Crippen MR) is 77.5 cm³/mol. The van der Waals surface area contributed by atoms with Gasteiger partial charge in [-0.2, -0.15) is 5.10 Å². The van der Waals surface area contributed by atoms with Crippen molar-refractivity contribution in [3.05, 3.63) is 6.33 Å². The third-order valence-electron chi connectivity index (χ3n) is 3.96. The molecule has 112 valence electrons. The number of ether oxygens (including phenoxy) is 1. The monoisotopic (exact) mass is 298 g/mol. The molecule has 20 heavy (non-hydrogen) atoms. The Morgan fingerprint density at radius 2 is 2.55 bits per heavy atom. The van der Waals surface area contributed by atoms with Gasteiger partial charge in [-0.1, -0.05) is 25.1 Å². The van der Waals surface area contributed by atoms with Crippen molar-refractivity contribution in [1.82, 2.24) is 20.5 Å². The van der Waals surface area contributed by atoms with E-state index in [1.165, 1.54) is 13.4 Å². The summed E-state index contributed by atoms with van der Waals surface area (Å²) >= 11 is 1.64. The SMILES string of the molecule is CCNC1(C(=O)OC)CCCC1CCSc1ncn[nH]1. The number of thioether (sulfide) groups is 1. The van der Waals surface area contributed by atoms with Crippen LogP contribution in [0.25, 0.3) is 0 Å². The molecule has 1 aromatic heterocycles. The Morgan fingerprint density at radius 1 is 1.70 bits per heavy atom. The first kappa shape index (κ1) is 15.3. The molecule has 0 aromatic carbocycles. The minimum absolute atomic E-state index is 0.119. The largest absolute Gasteiger partial charge is 0.468 e. The number of H-pyrrole nitrogens is 1. The van der Waals surface area contributed by atoms with E-state index in [2.05, 4.69) is 20.5 Å². The average molecular weight is 298 g/mol. The van der Waals surface area contributed by atoms with Crippen molar-refractivity contribution in [1.29, 1.82) is 0 Å². The van der Waals surface area contributed by atoms with Crippen LogP contribution in [0.1, 0.15) is 32.6 Å². The molecule has 1 aliphatic carbocycles. The molecule has 1 fully saturated rings. The van der Waals surface area contributed by atoms with Crippen LogP contribution in [-0.2, 0) is 9.53 Å². The summed E-state index contributed by atoms with van der Waals surface area (Å²) in [5.74, 6) is 1.13. The number of aromatic nitrogens is 3. The molecule has 2 unspecified atom stereocenters. The van der Waals surface area contributed by atoms with E-state index in [-0.39, 0.29) is 5.97 Å². The van der Waals surface area contributed by atoms with Gasteiger partial charge in [0.1, 0.15) is 11.9 Å². The quantitative estimate of drug-likeness (QED) is 0.588. The normalized spacial score (nSPS) is 25.8. The van der Waals surface area contributed by atoms with E-state index in [0.717, 1.165) is 43.1 Å². The molecule has 1 heterocycles. The number of nitrogens with zero attached hydrogens (tertiary/aromatic N) is 2. The van der Waals surface area contributed by atoms with Gasteiger partial charge in [-0.15, -0.1) is 0 Å². The van der Waals surface area contributed by atoms with Crippen LogP contribution in [0.15, 0.2) is 11.5 Å². The van der Waals surface area contributed by atoms with Gasteiger partial charge in [-0.05, 0) is 31.7 Å². The number of likely N-dealkylation sites (N-methyl/N-ethyl adjacent to an activating group) is 1. The van der Waals surface area contributed by atoms with Gasteiger partial charge in [0.25, 0.3) is 0 Å². The van der Waals surface area contributed by atoms with E-state index >= 15 is 0 Å². The van der Waals surface area contributed by atoms with Crippen LogP contribution < -0.4 is 5.32 Å². The molecule has 6 nitrogen and oxygen atoms in total. The van der Waals surface area contributed by atoms with Gasteiger partial charge in [-0.25, -0.2) is 4.98 Å². The van der Waals surface area contributed by atoms with Crippen LogP contribution in [0.3, 0.4) is 0 Å². The van der Waals surface area contributed by atoms with E-state index < -0.39 is 5.54 Å². The van der Waals surface area contributed by atoms with Crippen molar-refractivity contribution in [3.63, 3.8) is 0 Å². The molecule has 0 radical (unpaired) electrons. The molecule has 0 amide bonds. The minimum Gasteiger partial charge on any atom is -0.468 e. The molecule has 0 saturated heterocycles. The first-order valence-corrected chi connectivity index (χ1v) is 8.03. The van der Waals surface area contributed by atoms with Gasteiger partial charge in [0.05, 0.1) is 7.11 Å². The number of aromatic amines is 1. The average Bonchev–Trinajstić information content (AvgIpc) is 3.09. The molecular formula is C13H22N4O2S. The van der Waals surface area contributed by atoms with Gasteiger partial charge >= 0.3 is 5.97 Å². The Kier molecular flexibility index (Phi) is 5.42. The van der Waals surface area contributed by atoms with Crippen LogP contribution >= 0.6 is 11.8 Å². The van der Waals surface area contributed by atoms with E-state index in [4.69, 9.17) is 4.74 Å². The van der Waals surface area contributed by atoms with E-state index in [9.17, 15) is 4.79 Å². The zero-order valence-electron chi connectivity index (χ0n) is 12.0. The summed E-state index contributed by atoms with van der Waals surface area (Å²) in [5.41, 5.74) is -0.495. The molecular weight excluding hydrogens is 276 g/mol. The minimum atomic E-state index is -0.495. The van der Waals surface area contributed by atoms with Crippen LogP contribution in [0, 0.1) is 5.92 Å². The van der Waals surface area contributed by atoms with Crippen molar-refractivity contribution in [3.8, 4) is 0 Å². The summed E-state index contributed by atoms with van der Waals surface area (Å²) in [6.45, 7) is 2.81. The second kappa shape index (κ2) is 7.08. The first-order valence-electron chi connectivity index (χ1n) is 7.04. The highest BCUT2D eigenvalue weighted by Crippen LogP contribution is 2.39. The fourth-order valence-electron chi connectivity index (χ4n) is 3.10. The van der Waals surface area contributed by atoms with Gasteiger partial charge < -0.3 is 10.1 Å². The summed E-state index contributed by atoms with van der Waals surface area (Å²) in [5, 5.41) is 10.9. The predicted octanol–water partition coefficient (Wildman–Crippen LogP) is 1.61. The van der Waals surface area contributed by atoms with Crippen molar-refractivity contribution in [2.24, 2.45) is 5.92 Å². The van der Waals surface area contributed by atoms with E-state index in [0.29, 0.717) is 5.92 Å². The number of nitrogens with one attached hydrogen (secondary N) is 2. The molecule has 0 spiro atoms. The zero-order chi connectivity index (χ0) is 14.4. The summed E-state index contributed by atoms with van der Waals surface area (Å²) < 4.78 is 5.04. The Morgan fingerprint density at radius 3 is 3.20 bits per heavy atom. The molecule has 7 heteroatoms. The number of methoxy groups -OCH3 is 1. The third-order valence-corrected chi connectivity index (χ3v) is 4.87. The fourth-order valence-corrected chi connectivity index (χ4v) is 3.94. The summed E-state index contributed by atoms with van der Waals surface area (Å²) in [7, 11) is 1.47. The zero-order valence-corrected chi connectivity index (χ0v) is 12.8. The number of rotatable bonds is 7. The maximum Gasteiger partial charge on any atom is 0.326 e. The third kappa shape index (κ3) is 3.15. The van der Waals surface area contributed by atoms with Crippen molar-refractivity contribution in [2.75, 3.05) is 19.4 Å². The number of hydrogen-bond acceptors (Lipinski definition) is 6. The number of carbonyl (C=O) groups is 1. The van der Waals surface area contributed by atoms with E-state index in [1.54, 1.807) is 11.8 Å². The Balaban J connectivity index is 1.95. The fraction of sp³-hybridized carbons (Fsp3) is 0.769. The highest BCUT2D eigenvalue weighted by Gasteiger charge is 2.48. The second-order valence-electron chi connectivity index (χ2n) is 5.01. The molecule has 2 atom stereocenters. The number of hydrogen-bond donors (Lipinski definition) is 2. The van der Waals surface area contributed by atoms with Crippen molar-refractivity contribution >= 4 is 17.7 Å². The highest BCUT2D eigenvalue weighted by atomic mass is 32.2. The highest BCUT2D eigenvalue weighted by molar-refractivity contribution is 7.99. The standard InChI is InChI=1S/C13H22N4O2S/c1-3-15-13(11(18)19-2)7-4-5-10(13)6-8-20-12-14-9-16-17-12/h9-10,15H,3-8H2,1-2H3,(H,14,16,17). The molecule has 2 N–H and O–H groups in total. The maximum atomic E-state index is 12.2. The molecule has 0 aliphatic heterocycles. The topological polar surface area (TPSA) is 79.9 Å². The molecule has 2 rings (SSSR count). The van der Waals surface area contributed by atoms with Crippen LogP contribution in [0.2, 0.25) is 0 Å². The lowest BCUT2D eigenvalue weighted by atomic mass is 9.85. The van der Waals surface area contributed by atoms with Gasteiger partial charge in [0.15, 0.2) is 5.16 Å². The van der Waals surface area contributed by atoms with Crippen molar-refractivity contribution in [2.45, 2.75) is 43.3 Å². The maximum absolute atomic E-state index is 12.2. The number of carbonyl (C=O) groups excluding carboxylic acids is 1. The van der Waals surface area contributed by atoms with Crippen molar-refractivity contribution < 1.29 is 9.53 Å². The number of esters is 1. The molecule has 1 aliphatic rings. The lowest BCUT2D eigenvalue weighted by molar-refractivity contribution is -0.150. The van der Waals surface area contributed by atoms with Crippen LogP contribution in [0.4, 0.5) is 0 Å². The summed E-state index contributed by atoms with van der Waals surface area (Å²) in [6.07, 6.45) is 5.48. The Bertz CT molecular complexity index is 426. The summed E-state index contributed by atoms with van der Waals surface area (Å²) in [6, 6.07) is 0. The summed E-state index contributed by atoms with van der Waals surface area (Å²) in [4.78, 5) is 16.3. The lowest BCUT2D eigenvalue weighted by Crippen LogP contribution is -2.55. The van der Waals surface area contributed by atoms with Gasteiger partial charge in [0.2, 0.25) is 0 Å². The molecule has 1 saturated carbocycles. The molecule has 0 bridgehead atoms. The van der Waals surface area contributed by atoms with Gasteiger partial charge in [-0.3, -0.25) is 9.89 Å². The van der Waals surface area contributed by atoms with E-state index in [1.807, 2.05) is 6.92 Å². The van der Waals surface area contributed by atoms with Gasteiger partial charge in [0, 0.05) is 5.75 Å². The second-order valence-corrected chi connectivity index (χ2v) is 6.09.